The second kappa shape index (κ2) is 6.27. The zero-order valence-corrected chi connectivity index (χ0v) is 11.4. The Balaban J connectivity index is 2.95. The van der Waals surface area contributed by atoms with E-state index < -0.39 is 28.9 Å². The molecule has 0 heterocycles. The van der Waals surface area contributed by atoms with Gasteiger partial charge in [-0.05, 0) is 19.3 Å². The number of hydrogen-bond donors (Lipinski definition) is 0. The number of Topliss-reactive ketones (excluding diaryl/α,β-unsaturated/α-hetero) is 2. The van der Waals surface area contributed by atoms with E-state index in [1.54, 1.807) is 0 Å². The van der Waals surface area contributed by atoms with Crippen molar-refractivity contribution in [3.63, 3.8) is 0 Å². The van der Waals surface area contributed by atoms with E-state index in [1.165, 1.54) is 12.2 Å². The van der Waals surface area contributed by atoms with Crippen molar-refractivity contribution < 1.29 is 28.7 Å². The molecular weight excluding hydrogens is 264 g/mol. The van der Waals surface area contributed by atoms with E-state index in [9.17, 15) is 19.2 Å². The van der Waals surface area contributed by atoms with E-state index in [0.717, 1.165) is 14.2 Å². The van der Waals surface area contributed by atoms with Crippen LogP contribution >= 0.6 is 0 Å². The monoisotopic (exact) mass is 280 g/mol. The lowest BCUT2D eigenvalue weighted by Crippen LogP contribution is -2.37. The number of hydrogen-bond acceptors (Lipinski definition) is 6. The quantitative estimate of drug-likeness (QED) is 0.419. The molecule has 0 aliphatic heterocycles. The van der Waals surface area contributed by atoms with Crippen molar-refractivity contribution in [2.24, 2.45) is 5.41 Å². The van der Waals surface area contributed by atoms with Crippen LogP contribution in [0, 0.1) is 5.41 Å². The van der Waals surface area contributed by atoms with Crippen molar-refractivity contribution in [1.82, 2.24) is 0 Å². The summed E-state index contributed by atoms with van der Waals surface area (Å²) >= 11 is 0. The van der Waals surface area contributed by atoms with Crippen LogP contribution in [0.4, 0.5) is 0 Å². The Morgan fingerprint density at radius 3 is 2.20 bits per heavy atom. The number of carbonyl (C=O) groups excluding carboxylic acids is 4. The molecule has 0 aromatic heterocycles. The maximum atomic E-state index is 12.0. The second-order valence-electron chi connectivity index (χ2n) is 4.44. The van der Waals surface area contributed by atoms with Crippen molar-refractivity contribution in [3.8, 4) is 0 Å². The molecule has 1 aliphatic rings. The predicted octanol–water partition coefficient (Wildman–Crippen LogP) is 0.753. The molecule has 0 radical (unpaired) electrons. The fourth-order valence-corrected chi connectivity index (χ4v) is 2.08. The van der Waals surface area contributed by atoms with Crippen molar-refractivity contribution in [1.29, 1.82) is 0 Å². The molecule has 0 N–H and O–H groups in total. The fraction of sp³-hybridized carbons (Fsp3) is 0.429. The second-order valence-corrected chi connectivity index (χ2v) is 4.44. The Kier molecular flexibility index (Phi) is 4.96. The van der Waals surface area contributed by atoms with Crippen LogP contribution in [0.2, 0.25) is 0 Å². The summed E-state index contributed by atoms with van der Waals surface area (Å²) in [6.45, 7) is 3.58. The number of carbonyl (C=O) groups is 4. The van der Waals surface area contributed by atoms with Gasteiger partial charge in [0.1, 0.15) is 0 Å². The third kappa shape index (κ3) is 2.84. The Morgan fingerprint density at radius 1 is 1.20 bits per heavy atom. The van der Waals surface area contributed by atoms with Crippen molar-refractivity contribution in [2.75, 3.05) is 14.2 Å². The first-order valence-electron chi connectivity index (χ1n) is 6.00. The molecule has 6 heteroatoms. The van der Waals surface area contributed by atoms with Gasteiger partial charge in [-0.25, -0.2) is 9.59 Å². The third-order valence-corrected chi connectivity index (χ3v) is 3.43. The van der Waals surface area contributed by atoms with E-state index in [0.29, 0.717) is 0 Å². The normalized spacial score (nSPS) is 21.4. The number of allylic oxidation sites excluding steroid dienone is 2. The molecule has 20 heavy (non-hydrogen) atoms. The number of methoxy groups -OCH3 is 2. The highest BCUT2D eigenvalue weighted by Gasteiger charge is 2.42. The van der Waals surface area contributed by atoms with E-state index >= 15 is 0 Å². The summed E-state index contributed by atoms with van der Waals surface area (Å²) in [6, 6.07) is 0. The molecule has 0 spiro atoms. The molecule has 0 amide bonds. The molecule has 6 nitrogen and oxygen atoms in total. The highest BCUT2D eigenvalue weighted by molar-refractivity contribution is 6.40. The Bertz CT molecular complexity index is 502. The summed E-state index contributed by atoms with van der Waals surface area (Å²) in [7, 11) is 2.25. The SMILES string of the molecule is C=CC1(C(=O)C(=O)OC)CC=C(C(=O)C(=O)OC)CC1. The van der Waals surface area contributed by atoms with Gasteiger partial charge in [-0.2, -0.15) is 0 Å². The third-order valence-electron chi connectivity index (χ3n) is 3.43. The van der Waals surface area contributed by atoms with E-state index in [1.807, 2.05) is 0 Å². The molecule has 0 saturated carbocycles. The average Bonchev–Trinajstić information content (AvgIpc) is 2.51. The molecule has 0 aromatic rings. The molecule has 0 fully saturated rings. The van der Waals surface area contributed by atoms with Gasteiger partial charge in [-0.3, -0.25) is 9.59 Å². The van der Waals surface area contributed by atoms with Gasteiger partial charge < -0.3 is 9.47 Å². The topological polar surface area (TPSA) is 86.7 Å². The van der Waals surface area contributed by atoms with Gasteiger partial charge >= 0.3 is 11.9 Å². The average molecular weight is 280 g/mol. The van der Waals surface area contributed by atoms with E-state index in [2.05, 4.69) is 16.1 Å². The number of ether oxygens (including phenoxy) is 2. The molecule has 1 rings (SSSR count). The van der Waals surface area contributed by atoms with E-state index in [4.69, 9.17) is 0 Å². The number of ketones is 2. The maximum Gasteiger partial charge on any atom is 0.379 e. The summed E-state index contributed by atoms with van der Waals surface area (Å²) in [5.41, 5.74) is -0.792. The number of esters is 2. The molecular formula is C14H16O6. The van der Waals surface area contributed by atoms with Gasteiger partial charge in [0.25, 0.3) is 5.78 Å². The molecule has 0 saturated heterocycles. The zero-order valence-electron chi connectivity index (χ0n) is 11.4. The fourth-order valence-electron chi connectivity index (χ4n) is 2.08. The lowest BCUT2D eigenvalue weighted by Gasteiger charge is -2.30. The minimum absolute atomic E-state index is 0.127. The van der Waals surface area contributed by atoms with Crippen LogP contribution in [0.15, 0.2) is 24.3 Å². The lowest BCUT2D eigenvalue weighted by molar-refractivity contribution is -0.155. The van der Waals surface area contributed by atoms with Crippen molar-refractivity contribution in [3.05, 3.63) is 24.3 Å². The first kappa shape index (κ1) is 15.8. The summed E-state index contributed by atoms with van der Waals surface area (Å²) in [6.07, 6.45) is 3.41. The Morgan fingerprint density at radius 2 is 1.80 bits per heavy atom. The maximum absolute atomic E-state index is 12.0. The molecule has 1 atom stereocenters. The van der Waals surface area contributed by atoms with Crippen LogP contribution < -0.4 is 0 Å². The minimum atomic E-state index is -1.08. The molecule has 1 aliphatic carbocycles. The summed E-state index contributed by atoms with van der Waals surface area (Å²) in [5, 5.41) is 0. The van der Waals surface area contributed by atoms with E-state index in [-0.39, 0.29) is 24.8 Å². The van der Waals surface area contributed by atoms with Crippen LogP contribution in [0.1, 0.15) is 19.3 Å². The summed E-state index contributed by atoms with van der Waals surface area (Å²) in [4.78, 5) is 46.2. The zero-order chi connectivity index (χ0) is 15.3. The van der Waals surface area contributed by atoms with Crippen LogP contribution in [0.25, 0.3) is 0 Å². The van der Waals surface area contributed by atoms with Crippen LogP contribution in [0.5, 0.6) is 0 Å². The molecule has 1 unspecified atom stereocenters. The van der Waals surface area contributed by atoms with Gasteiger partial charge in [-0.15, -0.1) is 6.58 Å². The smallest absolute Gasteiger partial charge is 0.379 e. The van der Waals surface area contributed by atoms with Gasteiger partial charge in [0.2, 0.25) is 5.78 Å². The Hall–Kier alpha value is -2.24. The van der Waals surface area contributed by atoms with Crippen LogP contribution in [-0.2, 0) is 28.7 Å². The van der Waals surface area contributed by atoms with Gasteiger partial charge in [0.05, 0.1) is 19.6 Å². The van der Waals surface area contributed by atoms with Gasteiger partial charge in [0, 0.05) is 5.57 Å². The van der Waals surface area contributed by atoms with Gasteiger partial charge in [-0.1, -0.05) is 12.2 Å². The molecule has 0 aromatic carbocycles. The summed E-state index contributed by atoms with van der Waals surface area (Å²) < 4.78 is 8.78. The van der Waals surface area contributed by atoms with Crippen LogP contribution in [0.3, 0.4) is 0 Å². The van der Waals surface area contributed by atoms with Crippen LogP contribution in [-0.4, -0.2) is 37.7 Å². The highest BCUT2D eigenvalue weighted by Crippen LogP contribution is 2.38. The number of rotatable bonds is 5. The highest BCUT2D eigenvalue weighted by atomic mass is 16.5. The first-order valence-corrected chi connectivity index (χ1v) is 6.00. The predicted molar refractivity (Wildman–Crippen MR) is 68.6 cm³/mol. The van der Waals surface area contributed by atoms with Crippen molar-refractivity contribution >= 4 is 23.5 Å². The molecule has 108 valence electrons. The largest absolute Gasteiger partial charge is 0.463 e. The van der Waals surface area contributed by atoms with Crippen molar-refractivity contribution in [2.45, 2.75) is 19.3 Å². The first-order chi connectivity index (χ1) is 9.41. The standard InChI is InChI=1S/C14H16O6/c1-4-14(11(16)13(18)20-3)7-5-9(6-8-14)10(15)12(17)19-2/h4-5H,1,6-8H2,2-3H3. The molecule has 0 bridgehead atoms. The van der Waals surface area contributed by atoms with Gasteiger partial charge in [0.15, 0.2) is 0 Å². The minimum Gasteiger partial charge on any atom is -0.463 e. The summed E-state index contributed by atoms with van der Waals surface area (Å²) in [5.74, 6) is -3.31. The lowest BCUT2D eigenvalue weighted by atomic mass is 9.71. The Labute approximate surface area is 116 Å².